The molecule has 0 N–H and O–H groups in total. The van der Waals surface area contributed by atoms with Gasteiger partial charge in [-0.25, -0.2) is 4.98 Å². The second-order valence-corrected chi connectivity index (χ2v) is 16.2. The zero-order valence-corrected chi connectivity index (χ0v) is 22.5. The van der Waals surface area contributed by atoms with Gasteiger partial charge in [0.25, 0.3) is 0 Å². The first-order chi connectivity index (χ1) is 15.6. The number of halogens is 1. The molecule has 0 aliphatic carbocycles. The number of rotatable bonds is 7. The summed E-state index contributed by atoms with van der Waals surface area (Å²) in [5.41, 5.74) is 4.27. The lowest BCUT2D eigenvalue weighted by Crippen LogP contribution is -2.22. The zero-order chi connectivity index (χ0) is 23.9. The first-order valence-electron chi connectivity index (χ1n) is 10.6. The van der Waals surface area contributed by atoms with Crippen LogP contribution in [0.15, 0.2) is 41.0 Å². The van der Waals surface area contributed by atoms with Crippen LogP contribution in [0.2, 0.25) is 25.7 Å². The molecule has 2 aromatic heterocycles. The quantitative estimate of drug-likeness (QED) is 0.131. The number of aromatic nitrogens is 3. The van der Waals surface area contributed by atoms with Crippen molar-refractivity contribution >= 4 is 64.5 Å². The Morgan fingerprint density at radius 2 is 2.03 bits per heavy atom. The summed E-state index contributed by atoms with van der Waals surface area (Å²) in [6, 6.07) is 12.2. The highest BCUT2D eigenvalue weighted by molar-refractivity contribution is 9.10. The van der Waals surface area contributed by atoms with Gasteiger partial charge < -0.3 is 4.74 Å². The number of carbonyl (C=O) groups excluding carboxylic acids is 1. The van der Waals surface area contributed by atoms with Crippen molar-refractivity contribution in [3.63, 3.8) is 0 Å². The number of hydrogen-bond donors (Lipinski definition) is 1. The van der Waals surface area contributed by atoms with Crippen molar-refractivity contribution < 1.29 is 9.53 Å². The van der Waals surface area contributed by atoms with Gasteiger partial charge in [-0.2, -0.15) is 5.26 Å². The molecule has 0 atom stereocenters. The number of carbonyl (C=O) groups is 1. The standard InChI is InChI=1S/C24H25BrN4O2SSi/c1-15-11-18(25)21(17-7-8-29(32)22(15)17)23(30)24-27-19-12-16(13-26)5-6-20(19)28(24)14-31-9-10-33(2,3)4/h5-8,11-12,32H,9-10,14H2,1-4H3. The third-order valence-corrected chi connectivity index (χ3v) is 8.28. The van der Waals surface area contributed by atoms with E-state index in [0.717, 1.165) is 28.0 Å². The molecule has 2 heterocycles. The molecule has 0 spiro atoms. The van der Waals surface area contributed by atoms with E-state index < -0.39 is 8.07 Å². The van der Waals surface area contributed by atoms with Crippen LogP contribution in [-0.4, -0.2) is 34.0 Å². The molecule has 0 saturated carbocycles. The van der Waals surface area contributed by atoms with E-state index in [1.54, 1.807) is 20.7 Å². The number of ether oxygens (including phenoxy) is 1. The third kappa shape index (κ3) is 4.66. The molecule has 170 valence electrons. The number of nitriles is 1. The van der Waals surface area contributed by atoms with E-state index >= 15 is 0 Å². The van der Waals surface area contributed by atoms with Crippen LogP contribution >= 0.6 is 28.7 Å². The van der Waals surface area contributed by atoms with Crippen LogP contribution < -0.4 is 0 Å². The van der Waals surface area contributed by atoms with Gasteiger partial charge in [0, 0.05) is 36.3 Å². The molecular weight excluding hydrogens is 516 g/mol. The van der Waals surface area contributed by atoms with Crippen LogP contribution in [0.5, 0.6) is 0 Å². The fourth-order valence-electron chi connectivity index (χ4n) is 3.86. The molecule has 0 aliphatic rings. The van der Waals surface area contributed by atoms with E-state index in [0.29, 0.717) is 27.7 Å². The Morgan fingerprint density at radius 3 is 2.73 bits per heavy atom. The molecule has 2 aromatic carbocycles. The summed E-state index contributed by atoms with van der Waals surface area (Å²) in [7, 11) is -1.24. The van der Waals surface area contributed by atoms with E-state index in [2.05, 4.69) is 59.4 Å². The second-order valence-electron chi connectivity index (χ2n) is 9.33. The molecule has 9 heteroatoms. The summed E-state index contributed by atoms with van der Waals surface area (Å²) in [4.78, 5) is 18.5. The normalized spacial score (nSPS) is 11.9. The van der Waals surface area contributed by atoms with Gasteiger partial charge in [-0.1, -0.05) is 32.5 Å². The predicted octanol–water partition coefficient (Wildman–Crippen LogP) is 6.17. The minimum absolute atomic E-state index is 0.213. The van der Waals surface area contributed by atoms with Gasteiger partial charge in [0.15, 0.2) is 5.82 Å². The Kier molecular flexibility index (Phi) is 6.56. The summed E-state index contributed by atoms with van der Waals surface area (Å²) in [6.45, 7) is 9.73. The molecule has 0 saturated heterocycles. The summed E-state index contributed by atoms with van der Waals surface area (Å²) in [6.07, 6.45) is 1.83. The van der Waals surface area contributed by atoms with Crippen molar-refractivity contribution in [2.75, 3.05) is 6.61 Å². The number of benzene rings is 2. The van der Waals surface area contributed by atoms with E-state index in [4.69, 9.17) is 4.74 Å². The average molecular weight is 542 g/mol. The van der Waals surface area contributed by atoms with Crippen molar-refractivity contribution in [2.24, 2.45) is 0 Å². The van der Waals surface area contributed by atoms with Crippen molar-refractivity contribution in [2.45, 2.75) is 39.3 Å². The van der Waals surface area contributed by atoms with Gasteiger partial charge in [0.1, 0.15) is 6.73 Å². The number of thiol groups is 1. The number of imidazole rings is 1. The number of ketones is 1. The topological polar surface area (TPSA) is 72.8 Å². The Bertz CT molecular complexity index is 1430. The molecule has 33 heavy (non-hydrogen) atoms. The van der Waals surface area contributed by atoms with Crippen molar-refractivity contribution in [3.05, 3.63) is 63.5 Å². The van der Waals surface area contributed by atoms with Crippen molar-refractivity contribution in [3.8, 4) is 6.07 Å². The Hall–Kier alpha value is -2.38. The molecule has 0 radical (unpaired) electrons. The van der Waals surface area contributed by atoms with Crippen LogP contribution in [0.25, 0.3) is 21.9 Å². The predicted molar refractivity (Wildman–Crippen MR) is 141 cm³/mol. The Balaban J connectivity index is 1.82. The first-order valence-corrected chi connectivity index (χ1v) is 15.5. The number of aryl methyl sites for hydroxylation is 1. The highest BCUT2D eigenvalue weighted by atomic mass is 79.9. The summed E-state index contributed by atoms with van der Waals surface area (Å²) in [5, 5.41) is 10.1. The Labute approximate surface area is 207 Å². The van der Waals surface area contributed by atoms with Crippen molar-refractivity contribution in [1.82, 2.24) is 13.5 Å². The van der Waals surface area contributed by atoms with E-state index in [1.165, 1.54) is 0 Å². The molecule has 4 aromatic rings. The number of hydrogen-bond acceptors (Lipinski definition) is 5. The smallest absolute Gasteiger partial charge is 0.230 e. The van der Waals surface area contributed by atoms with E-state index in [-0.39, 0.29) is 18.3 Å². The highest BCUT2D eigenvalue weighted by Crippen LogP contribution is 2.33. The van der Waals surface area contributed by atoms with Gasteiger partial charge in [-0.3, -0.25) is 13.3 Å². The molecule has 0 fully saturated rings. The zero-order valence-electron chi connectivity index (χ0n) is 19.0. The lowest BCUT2D eigenvalue weighted by molar-refractivity contribution is 0.0835. The van der Waals surface area contributed by atoms with Gasteiger partial charge >= 0.3 is 0 Å². The molecule has 0 amide bonds. The van der Waals surface area contributed by atoms with Crippen LogP contribution in [0.3, 0.4) is 0 Å². The lowest BCUT2D eigenvalue weighted by atomic mass is 10.0. The van der Waals surface area contributed by atoms with Gasteiger partial charge in [-0.15, -0.1) is 0 Å². The number of nitrogens with zero attached hydrogens (tertiary/aromatic N) is 4. The number of fused-ring (bicyclic) bond motifs is 2. The second kappa shape index (κ2) is 9.10. The maximum absolute atomic E-state index is 13.9. The summed E-state index contributed by atoms with van der Waals surface area (Å²) < 4.78 is 10.2. The van der Waals surface area contributed by atoms with Gasteiger partial charge in [-0.05, 0) is 64.8 Å². The largest absolute Gasteiger partial charge is 0.361 e. The lowest BCUT2D eigenvalue weighted by Gasteiger charge is -2.16. The minimum Gasteiger partial charge on any atom is -0.361 e. The molecule has 0 unspecified atom stereocenters. The fourth-order valence-corrected chi connectivity index (χ4v) is 5.68. The average Bonchev–Trinajstić information content (AvgIpc) is 3.30. The van der Waals surface area contributed by atoms with Crippen LogP contribution in [-0.2, 0) is 11.5 Å². The monoisotopic (exact) mass is 540 g/mol. The van der Waals surface area contributed by atoms with Gasteiger partial charge in [0.05, 0.1) is 28.2 Å². The highest BCUT2D eigenvalue weighted by Gasteiger charge is 2.25. The summed E-state index contributed by atoms with van der Waals surface area (Å²) >= 11 is 8.08. The summed E-state index contributed by atoms with van der Waals surface area (Å²) in [5.74, 6) is 0.0702. The molecule has 6 nitrogen and oxygen atoms in total. The third-order valence-electron chi connectivity index (χ3n) is 5.62. The van der Waals surface area contributed by atoms with Crippen molar-refractivity contribution in [1.29, 1.82) is 5.26 Å². The van der Waals surface area contributed by atoms with E-state index in [1.807, 2.05) is 31.3 Å². The molecular formula is C24H25BrN4O2SSi. The first kappa shape index (κ1) is 23.8. The molecule has 4 rings (SSSR count). The fraction of sp³-hybridized carbons (Fsp3) is 0.292. The maximum atomic E-state index is 13.9. The minimum atomic E-state index is -1.24. The van der Waals surface area contributed by atoms with Crippen LogP contribution in [0, 0.1) is 18.3 Å². The SMILES string of the molecule is Cc1cc(Br)c(C(=O)c2nc3cc(C#N)ccc3n2COCC[Si](C)(C)C)c2ccn(S)c12. The van der Waals surface area contributed by atoms with Crippen LogP contribution in [0.4, 0.5) is 0 Å². The maximum Gasteiger partial charge on any atom is 0.230 e. The van der Waals surface area contributed by atoms with E-state index in [9.17, 15) is 10.1 Å². The van der Waals surface area contributed by atoms with Crippen LogP contribution in [0.1, 0.15) is 27.3 Å². The molecule has 0 bridgehead atoms. The molecule has 0 aliphatic heterocycles. The van der Waals surface area contributed by atoms with Gasteiger partial charge in [0.2, 0.25) is 5.78 Å². The Morgan fingerprint density at radius 1 is 1.27 bits per heavy atom.